The van der Waals surface area contributed by atoms with Gasteiger partial charge in [0, 0.05) is 6.54 Å². The highest BCUT2D eigenvalue weighted by Gasteiger charge is 2.28. The minimum atomic E-state index is -0.530. The van der Waals surface area contributed by atoms with Gasteiger partial charge in [-0.1, -0.05) is 6.07 Å². The van der Waals surface area contributed by atoms with Gasteiger partial charge in [0.25, 0.3) is 5.56 Å². The molecular weight excluding hydrogens is 482 g/mol. The Morgan fingerprint density at radius 3 is 2.62 bits per heavy atom. The molecule has 1 aromatic carbocycles. The summed E-state index contributed by atoms with van der Waals surface area (Å²) in [4.78, 5) is 30.7. The summed E-state index contributed by atoms with van der Waals surface area (Å²) in [5.41, 5.74) is 0.229. The van der Waals surface area contributed by atoms with Crippen molar-refractivity contribution in [3.05, 3.63) is 49.1 Å². The van der Waals surface area contributed by atoms with Crippen molar-refractivity contribution in [3.8, 4) is 5.75 Å². The molecule has 3 aromatic rings. The molecule has 1 aliphatic carbocycles. The van der Waals surface area contributed by atoms with E-state index in [1.807, 2.05) is 0 Å². The Morgan fingerprint density at radius 1 is 1.22 bits per heavy atom. The van der Waals surface area contributed by atoms with Gasteiger partial charge in [-0.05, 0) is 59.8 Å². The molecule has 10 nitrogen and oxygen atoms in total. The van der Waals surface area contributed by atoms with E-state index >= 15 is 0 Å². The molecule has 0 bridgehead atoms. The van der Waals surface area contributed by atoms with Crippen LogP contribution < -0.4 is 16.6 Å². The Hall–Kier alpha value is -2.63. The summed E-state index contributed by atoms with van der Waals surface area (Å²) >= 11 is 3.31. The molecule has 0 spiro atoms. The van der Waals surface area contributed by atoms with Crippen LogP contribution in [0.3, 0.4) is 0 Å². The van der Waals surface area contributed by atoms with Crippen molar-refractivity contribution in [2.45, 2.75) is 58.0 Å². The predicted octanol–water partition coefficient (Wildman–Crippen LogP) is 1.21. The van der Waals surface area contributed by atoms with E-state index in [2.05, 4.69) is 26.2 Å². The second-order valence-corrected chi connectivity index (χ2v) is 8.79. The maximum atomic E-state index is 13.3. The highest BCUT2D eigenvalue weighted by Crippen LogP contribution is 2.28. The molecule has 0 saturated heterocycles. The number of hydrogen-bond donors (Lipinski definition) is 4. The molecule has 2 unspecified atom stereocenters. The second-order valence-electron chi connectivity index (χ2n) is 7.94. The van der Waals surface area contributed by atoms with Crippen LogP contribution in [-0.4, -0.2) is 52.8 Å². The maximum absolute atomic E-state index is 13.3. The van der Waals surface area contributed by atoms with E-state index in [-0.39, 0.29) is 49.2 Å². The quantitative estimate of drug-likeness (QED) is 0.377. The van der Waals surface area contributed by atoms with Gasteiger partial charge < -0.3 is 20.6 Å². The number of aromatic hydroxyl groups is 1. The van der Waals surface area contributed by atoms with Crippen LogP contribution >= 0.6 is 15.9 Å². The number of imidazole rings is 1. The number of hydrogen-bond acceptors (Lipinski definition) is 7. The summed E-state index contributed by atoms with van der Waals surface area (Å²) in [6.07, 6.45) is 1.79. The lowest BCUT2D eigenvalue weighted by Crippen LogP contribution is -2.40. The lowest BCUT2D eigenvalue weighted by atomic mass is 10.2. The number of aliphatic hydroxyl groups excluding tert-OH is 2. The average molecular weight is 508 g/mol. The summed E-state index contributed by atoms with van der Waals surface area (Å²) in [6, 6.07) is 4.82. The third-order valence-electron chi connectivity index (χ3n) is 5.90. The van der Waals surface area contributed by atoms with Crippen LogP contribution in [0.5, 0.6) is 5.75 Å². The number of rotatable bonds is 7. The summed E-state index contributed by atoms with van der Waals surface area (Å²) in [5, 5.41) is 32.9. The molecule has 1 saturated carbocycles. The van der Waals surface area contributed by atoms with Gasteiger partial charge in [-0.3, -0.25) is 18.5 Å². The lowest BCUT2D eigenvalue weighted by Gasteiger charge is -2.18. The molecule has 2 heterocycles. The number of nitrogens with zero attached hydrogens (tertiary/aromatic N) is 4. The Balaban J connectivity index is 1.95. The van der Waals surface area contributed by atoms with Gasteiger partial charge in [0.15, 0.2) is 11.2 Å². The molecule has 172 valence electrons. The number of halogens is 1. The van der Waals surface area contributed by atoms with E-state index in [1.165, 1.54) is 4.57 Å². The third kappa shape index (κ3) is 3.96. The number of fused-ring (bicyclic) bond motifs is 1. The molecular formula is C21H26BrN5O5. The van der Waals surface area contributed by atoms with Gasteiger partial charge in [0.2, 0.25) is 5.95 Å². The van der Waals surface area contributed by atoms with Crippen LogP contribution in [0.1, 0.15) is 31.7 Å². The Bertz CT molecular complexity index is 1260. The van der Waals surface area contributed by atoms with Crippen LogP contribution in [0.2, 0.25) is 0 Å². The maximum Gasteiger partial charge on any atom is 0.332 e. The number of nitrogens with one attached hydrogen (secondary N) is 1. The predicted molar refractivity (Wildman–Crippen MR) is 123 cm³/mol. The Kier molecular flexibility index (Phi) is 6.40. The summed E-state index contributed by atoms with van der Waals surface area (Å²) in [5.74, 6) is 0.467. The van der Waals surface area contributed by atoms with Crippen LogP contribution in [0, 0.1) is 0 Å². The molecule has 4 rings (SSSR count). The highest BCUT2D eigenvalue weighted by molar-refractivity contribution is 9.10. The SMILES string of the molecule is CCn1c(=O)c2c(nc(NC3CCCC3O)n2Cc2ccc(O)c(Br)c2)n(CCO)c1=O. The number of phenols is 1. The second kappa shape index (κ2) is 9.08. The topological polar surface area (TPSA) is 135 Å². The molecule has 0 aliphatic heterocycles. The van der Waals surface area contributed by atoms with Crippen LogP contribution in [0.15, 0.2) is 32.3 Å². The number of anilines is 1. The average Bonchev–Trinajstić information content (AvgIpc) is 3.32. The molecule has 1 fully saturated rings. The number of phenolic OH excluding ortho intramolecular Hbond substituents is 1. The number of benzene rings is 1. The molecule has 0 radical (unpaired) electrons. The molecule has 11 heteroatoms. The van der Waals surface area contributed by atoms with E-state index in [9.17, 15) is 24.9 Å². The van der Waals surface area contributed by atoms with Crippen molar-refractivity contribution < 1.29 is 15.3 Å². The highest BCUT2D eigenvalue weighted by atomic mass is 79.9. The van der Waals surface area contributed by atoms with Gasteiger partial charge in [-0.25, -0.2) is 4.79 Å². The van der Waals surface area contributed by atoms with Crippen molar-refractivity contribution in [1.29, 1.82) is 0 Å². The first-order chi connectivity index (χ1) is 15.3. The van der Waals surface area contributed by atoms with E-state index in [0.29, 0.717) is 16.8 Å². The minimum Gasteiger partial charge on any atom is -0.507 e. The lowest BCUT2D eigenvalue weighted by molar-refractivity contribution is 0.171. The van der Waals surface area contributed by atoms with E-state index < -0.39 is 17.4 Å². The summed E-state index contributed by atoms with van der Waals surface area (Å²) in [7, 11) is 0. The first kappa shape index (κ1) is 22.6. The van der Waals surface area contributed by atoms with Crippen molar-refractivity contribution in [2.75, 3.05) is 11.9 Å². The normalized spacial score (nSPS) is 18.5. The first-order valence-electron chi connectivity index (χ1n) is 10.6. The molecule has 0 amide bonds. The molecule has 2 atom stereocenters. The number of aromatic nitrogens is 4. The zero-order valence-electron chi connectivity index (χ0n) is 17.7. The van der Waals surface area contributed by atoms with E-state index in [4.69, 9.17) is 0 Å². The molecule has 4 N–H and O–H groups in total. The summed E-state index contributed by atoms with van der Waals surface area (Å²) in [6.45, 7) is 1.86. The largest absolute Gasteiger partial charge is 0.507 e. The standard InChI is InChI=1S/C21H26BrN5O5/c1-2-25-19(31)17-18(26(8-9-28)21(25)32)24-20(23-14-4-3-5-16(14)30)27(17)11-12-6-7-15(29)13(22)10-12/h6-7,10,14,16,28-30H,2-5,8-9,11H2,1H3,(H,23,24). The Morgan fingerprint density at radius 2 is 2.00 bits per heavy atom. The zero-order valence-corrected chi connectivity index (χ0v) is 19.2. The van der Waals surface area contributed by atoms with Gasteiger partial charge >= 0.3 is 5.69 Å². The van der Waals surface area contributed by atoms with Crippen LogP contribution in [0.4, 0.5) is 5.95 Å². The summed E-state index contributed by atoms with van der Waals surface area (Å²) < 4.78 is 4.64. The minimum absolute atomic E-state index is 0.00285. The van der Waals surface area contributed by atoms with Gasteiger partial charge in [-0.2, -0.15) is 4.98 Å². The van der Waals surface area contributed by atoms with Crippen molar-refractivity contribution in [1.82, 2.24) is 18.7 Å². The van der Waals surface area contributed by atoms with Crippen molar-refractivity contribution in [3.63, 3.8) is 0 Å². The fraction of sp³-hybridized carbons (Fsp3) is 0.476. The van der Waals surface area contributed by atoms with Gasteiger partial charge in [-0.15, -0.1) is 0 Å². The zero-order chi connectivity index (χ0) is 23.0. The fourth-order valence-corrected chi connectivity index (χ4v) is 4.67. The fourth-order valence-electron chi connectivity index (χ4n) is 4.24. The molecule has 2 aromatic heterocycles. The monoisotopic (exact) mass is 507 g/mol. The Labute approximate surface area is 191 Å². The van der Waals surface area contributed by atoms with Gasteiger partial charge in [0.1, 0.15) is 5.75 Å². The van der Waals surface area contributed by atoms with Crippen molar-refractivity contribution >= 4 is 33.0 Å². The third-order valence-corrected chi connectivity index (χ3v) is 6.54. The van der Waals surface area contributed by atoms with E-state index in [0.717, 1.165) is 23.0 Å². The van der Waals surface area contributed by atoms with Crippen LogP contribution in [0.25, 0.3) is 11.2 Å². The first-order valence-corrected chi connectivity index (χ1v) is 11.4. The van der Waals surface area contributed by atoms with Crippen molar-refractivity contribution in [2.24, 2.45) is 0 Å². The van der Waals surface area contributed by atoms with E-state index in [1.54, 1.807) is 29.7 Å². The number of aliphatic hydroxyl groups is 2. The smallest absolute Gasteiger partial charge is 0.332 e. The van der Waals surface area contributed by atoms with Gasteiger partial charge in [0.05, 0.1) is 36.3 Å². The molecule has 32 heavy (non-hydrogen) atoms. The molecule has 1 aliphatic rings. The van der Waals surface area contributed by atoms with Crippen LogP contribution in [-0.2, 0) is 19.6 Å².